The van der Waals surface area contributed by atoms with E-state index in [-0.39, 0.29) is 5.56 Å². The SMILES string of the molecule is CCCC(Cl)OCc1cc(N)cc(Nc2c3ccccc3nc3ccccc23)c1. The number of nitrogens with one attached hydrogen (secondary N) is 1. The maximum atomic E-state index is 6.19. The second kappa shape index (κ2) is 8.68. The zero-order chi connectivity index (χ0) is 20.2. The number of anilines is 3. The van der Waals surface area contributed by atoms with Crippen molar-refractivity contribution in [1.29, 1.82) is 0 Å². The fourth-order valence-electron chi connectivity index (χ4n) is 3.49. The third kappa shape index (κ3) is 4.44. The molecule has 0 aliphatic rings. The van der Waals surface area contributed by atoms with Crippen molar-refractivity contribution in [2.24, 2.45) is 0 Å². The van der Waals surface area contributed by atoms with Crippen LogP contribution in [0.1, 0.15) is 25.3 Å². The maximum Gasteiger partial charge on any atom is 0.131 e. The van der Waals surface area contributed by atoms with Crippen LogP contribution in [0.5, 0.6) is 0 Å². The third-order valence-electron chi connectivity index (χ3n) is 4.82. The summed E-state index contributed by atoms with van der Waals surface area (Å²) in [5.74, 6) is 0. The number of nitrogens with zero attached hydrogens (tertiary/aromatic N) is 1. The summed E-state index contributed by atoms with van der Waals surface area (Å²) >= 11 is 6.19. The number of rotatable bonds is 7. The zero-order valence-electron chi connectivity index (χ0n) is 16.4. The van der Waals surface area contributed by atoms with E-state index < -0.39 is 0 Å². The Morgan fingerprint density at radius 3 is 2.31 bits per heavy atom. The van der Waals surface area contributed by atoms with Crippen LogP contribution in [0.25, 0.3) is 21.8 Å². The van der Waals surface area contributed by atoms with Crippen molar-refractivity contribution in [2.75, 3.05) is 11.1 Å². The number of para-hydroxylation sites is 2. The molecule has 0 radical (unpaired) electrons. The molecule has 3 N–H and O–H groups in total. The Balaban J connectivity index is 1.71. The Morgan fingerprint density at radius 2 is 1.66 bits per heavy atom. The number of ether oxygens (including phenoxy) is 1. The average molecular weight is 406 g/mol. The van der Waals surface area contributed by atoms with Crippen molar-refractivity contribution in [3.8, 4) is 0 Å². The Bertz CT molecular complexity index is 1090. The summed E-state index contributed by atoms with van der Waals surface area (Å²) in [4.78, 5) is 4.78. The largest absolute Gasteiger partial charge is 0.399 e. The van der Waals surface area contributed by atoms with Crippen LogP contribution in [0.2, 0.25) is 0 Å². The van der Waals surface area contributed by atoms with Crippen LogP contribution >= 0.6 is 11.6 Å². The van der Waals surface area contributed by atoms with E-state index in [9.17, 15) is 0 Å². The number of fused-ring (bicyclic) bond motifs is 2. The van der Waals surface area contributed by atoms with E-state index in [0.29, 0.717) is 12.3 Å². The van der Waals surface area contributed by atoms with Gasteiger partial charge in [0.15, 0.2) is 0 Å². The van der Waals surface area contributed by atoms with E-state index in [0.717, 1.165) is 51.6 Å². The molecule has 0 fully saturated rings. The number of benzene rings is 3. The summed E-state index contributed by atoms with van der Waals surface area (Å²) in [6.45, 7) is 2.51. The van der Waals surface area contributed by atoms with Crippen molar-refractivity contribution < 1.29 is 4.74 Å². The highest BCUT2D eigenvalue weighted by Gasteiger charge is 2.10. The molecule has 0 amide bonds. The topological polar surface area (TPSA) is 60.2 Å². The van der Waals surface area contributed by atoms with Crippen molar-refractivity contribution in [1.82, 2.24) is 4.98 Å². The third-order valence-corrected chi connectivity index (χ3v) is 5.16. The number of nitrogen functional groups attached to an aromatic ring is 1. The fraction of sp³-hybridized carbons (Fsp3) is 0.208. The normalized spacial score (nSPS) is 12.3. The smallest absolute Gasteiger partial charge is 0.131 e. The van der Waals surface area contributed by atoms with Gasteiger partial charge in [-0.2, -0.15) is 0 Å². The molecular weight excluding hydrogens is 382 g/mol. The Labute approximate surface area is 175 Å². The summed E-state index contributed by atoms with van der Waals surface area (Å²) in [5, 5.41) is 5.71. The minimum absolute atomic E-state index is 0.286. The van der Waals surface area contributed by atoms with E-state index in [1.54, 1.807) is 0 Å². The van der Waals surface area contributed by atoms with Gasteiger partial charge in [-0.05, 0) is 42.3 Å². The molecule has 1 heterocycles. The molecular formula is C24H24ClN3O. The minimum atomic E-state index is -0.286. The summed E-state index contributed by atoms with van der Waals surface area (Å²) in [6.07, 6.45) is 1.81. The van der Waals surface area contributed by atoms with Gasteiger partial charge < -0.3 is 15.8 Å². The van der Waals surface area contributed by atoms with Gasteiger partial charge in [-0.25, -0.2) is 4.98 Å². The number of pyridine rings is 1. The van der Waals surface area contributed by atoms with Gasteiger partial charge in [-0.1, -0.05) is 61.3 Å². The summed E-state index contributed by atoms with van der Waals surface area (Å²) in [5.41, 5.74) is 11.4. The van der Waals surface area contributed by atoms with Crippen LogP contribution in [-0.4, -0.2) is 10.5 Å². The number of hydrogen-bond donors (Lipinski definition) is 2. The van der Waals surface area contributed by atoms with Crippen LogP contribution in [0, 0.1) is 0 Å². The van der Waals surface area contributed by atoms with Crippen LogP contribution < -0.4 is 11.1 Å². The van der Waals surface area contributed by atoms with Crippen molar-refractivity contribution in [3.05, 3.63) is 72.3 Å². The number of aromatic nitrogens is 1. The van der Waals surface area contributed by atoms with Gasteiger partial charge in [0, 0.05) is 22.1 Å². The lowest BCUT2D eigenvalue weighted by Crippen LogP contribution is -2.05. The highest BCUT2D eigenvalue weighted by Crippen LogP contribution is 2.33. The lowest BCUT2D eigenvalue weighted by atomic mass is 10.1. The number of alkyl halides is 1. The standard InChI is InChI=1S/C24H24ClN3O/c1-2-7-23(25)29-15-16-12-17(26)14-18(13-16)27-24-19-8-3-5-10-21(19)28-22-11-6-4-9-20(22)24/h3-6,8-14,23H,2,7,15,26H2,1H3,(H,27,28). The molecule has 3 aromatic carbocycles. The van der Waals surface area contributed by atoms with E-state index in [4.69, 9.17) is 27.1 Å². The number of halogens is 1. The number of hydrogen-bond acceptors (Lipinski definition) is 4. The zero-order valence-corrected chi connectivity index (χ0v) is 17.1. The molecule has 29 heavy (non-hydrogen) atoms. The lowest BCUT2D eigenvalue weighted by molar-refractivity contribution is 0.0882. The Hall–Kier alpha value is -2.82. The quantitative estimate of drug-likeness (QED) is 0.207. The first-order chi connectivity index (χ1) is 14.1. The van der Waals surface area contributed by atoms with E-state index in [1.807, 2.05) is 48.5 Å². The molecule has 0 bridgehead atoms. The molecule has 0 aliphatic heterocycles. The molecule has 1 aromatic heterocycles. The first-order valence-corrected chi connectivity index (χ1v) is 10.3. The van der Waals surface area contributed by atoms with E-state index in [2.05, 4.69) is 30.4 Å². The number of nitrogens with two attached hydrogens (primary N) is 1. The predicted octanol–water partition coefficient (Wildman–Crippen LogP) is 6.60. The second-order valence-corrected chi connectivity index (χ2v) is 7.61. The molecule has 5 heteroatoms. The summed E-state index contributed by atoms with van der Waals surface area (Å²) in [6, 6.07) is 22.2. The molecule has 0 saturated heterocycles. The molecule has 0 spiro atoms. The summed E-state index contributed by atoms with van der Waals surface area (Å²) in [7, 11) is 0. The van der Waals surface area contributed by atoms with Crippen LogP contribution in [0.4, 0.5) is 17.1 Å². The highest BCUT2D eigenvalue weighted by molar-refractivity contribution is 6.19. The van der Waals surface area contributed by atoms with Crippen LogP contribution in [-0.2, 0) is 11.3 Å². The monoisotopic (exact) mass is 405 g/mol. The second-order valence-electron chi connectivity index (χ2n) is 7.12. The van der Waals surface area contributed by atoms with Gasteiger partial charge in [-0.15, -0.1) is 0 Å². The first kappa shape index (κ1) is 19.5. The maximum absolute atomic E-state index is 6.19. The van der Waals surface area contributed by atoms with Gasteiger partial charge in [0.1, 0.15) is 5.56 Å². The summed E-state index contributed by atoms with van der Waals surface area (Å²) < 4.78 is 5.74. The fourth-order valence-corrected chi connectivity index (χ4v) is 3.77. The molecule has 0 aliphatic carbocycles. The molecule has 4 rings (SSSR count). The van der Waals surface area contributed by atoms with Crippen molar-refractivity contribution in [3.63, 3.8) is 0 Å². The lowest BCUT2D eigenvalue weighted by Gasteiger charge is -2.15. The van der Waals surface area contributed by atoms with Crippen molar-refractivity contribution in [2.45, 2.75) is 31.9 Å². The molecule has 1 unspecified atom stereocenters. The molecule has 4 aromatic rings. The van der Waals surface area contributed by atoms with E-state index in [1.165, 1.54) is 0 Å². The van der Waals surface area contributed by atoms with Gasteiger partial charge in [0.05, 0.1) is 23.3 Å². The van der Waals surface area contributed by atoms with Crippen LogP contribution in [0.15, 0.2) is 66.7 Å². The van der Waals surface area contributed by atoms with Gasteiger partial charge >= 0.3 is 0 Å². The van der Waals surface area contributed by atoms with E-state index >= 15 is 0 Å². The highest BCUT2D eigenvalue weighted by atomic mass is 35.5. The Kier molecular flexibility index (Phi) is 5.84. The van der Waals surface area contributed by atoms with Gasteiger partial charge in [-0.3, -0.25) is 0 Å². The Morgan fingerprint density at radius 1 is 1.00 bits per heavy atom. The predicted molar refractivity (Wildman–Crippen MR) is 123 cm³/mol. The molecule has 0 saturated carbocycles. The van der Waals surface area contributed by atoms with Gasteiger partial charge in [0.25, 0.3) is 0 Å². The van der Waals surface area contributed by atoms with Crippen LogP contribution in [0.3, 0.4) is 0 Å². The molecule has 148 valence electrons. The molecule has 1 atom stereocenters. The first-order valence-electron chi connectivity index (χ1n) is 9.83. The molecule has 4 nitrogen and oxygen atoms in total. The average Bonchev–Trinajstić information content (AvgIpc) is 2.72. The minimum Gasteiger partial charge on any atom is -0.399 e. The van der Waals surface area contributed by atoms with Gasteiger partial charge in [0.2, 0.25) is 0 Å². The van der Waals surface area contributed by atoms with Crippen molar-refractivity contribution >= 4 is 50.5 Å².